The van der Waals surface area contributed by atoms with E-state index in [2.05, 4.69) is 0 Å². The summed E-state index contributed by atoms with van der Waals surface area (Å²) in [5, 5.41) is 0. The summed E-state index contributed by atoms with van der Waals surface area (Å²) in [5.41, 5.74) is 0.362. The van der Waals surface area contributed by atoms with E-state index in [1.54, 1.807) is 11.0 Å². The normalized spacial score (nSPS) is 20.4. The number of fused-ring (bicyclic) bond motifs is 3. The van der Waals surface area contributed by atoms with E-state index < -0.39 is 11.2 Å². The largest absolute Gasteiger partial charge is 0.489 e. The second-order valence-electron chi connectivity index (χ2n) is 8.42. The third-order valence-corrected chi connectivity index (χ3v) is 5.20. The van der Waals surface area contributed by atoms with E-state index in [9.17, 15) is 9.59 Å². The fourth-order valence-electron chi connectivity index (χ4n) is 3.84. The van der Waals surface area contributed by atoms with Crippen LogP contribution in [-0.2, 0) is 4.74 Å². The number of hydrogen-bond donors (Lipinski definition) is 0. The molecule has 0 radical (unpaired) electrons. The number of rotatable bonds is 0. The Morgan fingerprint density at radius 3 is 2.67 bits per heavy atom. The summed E-state index contributed by atoms with van der Waals surface area (Å²) in [7, 11) is 0. The summed E-state index contributed by atoms with van der Waals surface area (Å²) in [6.45, 7) is 7.12. The fourth-order valence-corrected chi connectivity index (χ4v) is 3.84. The molecule has 3 aliphatic rings. The maximum absolute atomic E-state index is 12.8. The Balaban J connectivity index is 1.53. The molecule has 144 valence electrons. The van der Waals surface area contributed by atoms with Crippen LogP contribution in [0.3, 0.4) is 0 Å². The second-order valence-corrected chi connectivity index (χ2v) is 8.42. The van der Waals surface area contributed by atoms with Crippen LogP contribution in [0.2, 0.25) is 0 Å². The molecule has 1 aromatic carbocycles. The maximum Gasteiger partial charge on any atom is 0.410 e. The lowest BCUT2D eigenvalue weighted by Crippen LogP contribution is -2.53. The third-order valence-electron chi connectivity index (χ3n) is 5.20. The number of likely N-dealkylation sites (tertiary alicyclic amines) is 1. The van der Waals surface area contributed by atoms with E-state index in [1.807, 2.05) is 39.0 Å². The molecule has 1 aromatic rings. The number of carbonyl (C=O) groups excluding carboxylic acids is 2. The molecule has 1 saturated heterocycles. The van der Waals surface area contributed by atoms with Gasteiger partial charge in [-0.2, -0.15) is 0 Å². The van der Waals surface area contributed by atoms with E-state index in [0.717, 1.165) is 11.3 Å². The van der Waals surface area contributed by atoms with Gasteiger partial charge in [-0.3, -0.25) is 4.79 Å². The lowest BCUT2D eigenvalue weighted by atomic mass is 9.82. The van der Waals surface area contributed by atoms with Crippen molar-refractivity contribution in [2.45, 2.75) is 51.2 Å². The zero-order valence-electron chi connectivity index (χ0n) is 16.0. The molecular formula is C21H25NO5. The standard InChI is InChI=1S/C21H25NO5/c1-20(2,3)27-19(24)22-10-8-21(9-11-22)13-16(23)14-6-7-17-15(18(14)26-21)5-4-12-25-17/h4-7H,8-13H2,1-3H3. The van der Waals surface area contributed by atoms with Crippen molar-refractivity contribution in [1.82, 2.24) is 4.90 Å². The van der Waals surface area contributed by atoms with Gasteiger partial charge >= 0.3 is 6.09 Å². The topological polar surface area (TPSA) is 65.1 Å². The molecule has 0 aromatic heterocycles. The minimum absolute atomic E-state index is 0.0868. The minimum Gasteiger partial charge on any atom is -0.489 e. The van der Waals surface area contributed by atoms with Crippen molar-refractivity contribution in [3.63, 3.8) is 0 Å². The number of Topliss-reactive ketones (excluding diaryl/α,β-unsaturated/α-hetero) is 1. The highest BCUT2D eigenvalue weighted by Gasteiger charge is 2.45. The van der Waals surface area contributed by atoms with Crippen LogP contribution in [0.4, 0.5) is 4.79 Å². The molecule has 3 heterocycles. The Bertz CT molecular complexity index is 813. The van der Waals surface area contributed by atoms with Crippen molar-refractivity contribution < 1.29 is 23.8 Å². The van der Waals surface area contributed by atoms with Crippen LogP contribution in [0.5, 0.6) is 11.5 Å². The Labute approximate surface area is 159 Å². The molecule has 0 bridgehead atoms. The number of nitrogens with zero attached hydrogens (tertiary/aromatic N) is 1. The van der Waals surface area contributed by atoms with Gasteiger partial charge in [0.15, 0.2) is 5.78 Å². The second kappa shape index (κ2) is 6.29. The van der Waals surface area contributed by atoms with Crippen molar-refractivity contribution in [3.05, 3.63) is 29.3 Å². The van der Waals surface area contributed by atoms with E-state index >= 15 is 0 Å². The molecule has 6 nitrogen and oxygen atoms in total. The lowest BCUT2D eigenvalue weighted by molar-refractivity contribution is -0.0228. The van der Waals surface area contributed by atoms with Crippen LogP contribution in [0, 0.1) is 0 Å². The maximum atomic E-state index is 12.8. The van der Waals surface area contributed by atoms with Crippen LogP contribution in [0.25, 0.3) is 6.08 Å². The van der Waals surface area contributed by atoms with E-state index in [0.29, 0.717) is 50.3 Å². The first kappa shape index (κ1) is 17.9. The van der Waals surface area contributed by atoms with Gasteiger partial charge in [0, 0.05) is 25.9 Å². The van der Waals surface area contributed by atoms with E-state index in [-0.39, 0.29) is 11.9 Å². The molecular weight excluding hydrogens is 346 g/mol. The van der Waals surface area contributed by atoms with Crippen LogP contribution in [-0.4, -0.2) is 47.7 Å². The summed E-state index contributed by atoms with van der Waals surface area (Å²) in [6, 6.07) is 3.63. The highest BCUT2D eigenvalue weighted by atomic mass is 16.6. The summed E-state index contributed by atoms with van der Waals surface area (Å²) in [6.07, 6.45) is 5.11. The van der Waals surface area contributed by atoms with Crippen molar-refractivity contribution in [2.24, 2.45) is 0 Å². The predicted molar refractivity (Wildman–Crippen MR) is 100 cm³/mol. The van der Waals surface area contributed by atoms with Crippen molar-refractivity contribution in [3.8, 4) is 11.5 Å². The number of benzene rings is 1. The smallest absolute Gasteiger partial charge is 0.410 e. The molecule has 0 saturated carbocycles. The van der Waals surface area contributed by atoms with Gasteiger partial charge in [0.1, 0.15) is 29.3 Å². The molecule has 1 amide bonds. The minimum atomic E-state index is -0.566. The SMILES string of the molecule is CC(C)(C)OC(=O)N1CCC2(CC1)CC(=O)c1ccc3c(c1O2)C=CCO3. The molecule has 0 aliphatic carbocycles. The number of carbonyl (C=O) groups is 2. The molecule has 1 spiro atoms. The van der Waals surface area contributed by atoms with Gasteiger partial charge in [0.2, 0.25) is 0 Å². The number of piperidine rings is 1. The molecule has 0 N–H and O–H groups in total. The zero-order valence-corrected chi connectivity index (χ0v) is 16.0. The van der Waals surface area contributed by atoms with Crippen molar-refractivity contribution >= 4 is 18.0 Å². The van der Waals surface area contributed by atoms with Gasteiger partial charge in [0.25, 0.3) is 0 Å². The van der Waals surface area contributed by atoms with Crippen molar-refractivity contribution in [1.29, 1.82) is 0 Å². The molecule has 3 aliphatic heterocycles. The molecule has 1 fully saturated rings. The van der Waals surface area contributed by atoms with Crippen LogP contribution in [0.1, 0.15) is 56.0 Å². The number of ketones is 1. The Hall–Kier alpha value is -2.50. The summed E-state index contributed by atoms with van der Waals surface area (Å²) < 4.78 is 17.5. The predicted octanol–water partition coefficient (Wildman–Crippen LogP) is 3.83. The van der Waals surface area contributed by atoms with Crippen LogP contribution >= 0.6 is 0 Å². The van der Waals surface area contributed by atoms with Crippen LogP contribution < -0.4 is 9.47 Å². The monoisotopic (exact) mass is 371 g/mol. The zero-order chi connectivity index (χ0) is 19.2. The van der Waals surface area contributed by atoms with E-state index in [1.165, 1.54) is 0 Å². The van der Waals surface area contributed by atoms with Gasteiger partial charge in [0.05, 0.1) is 17.5 Å². The van der Waals surface area contributed by atoms with Gasteiger partial charge in [-0.1, -0.05) is 0 Å². The Morgan fingerprint density at radius 1 is 1.22 bits per heavy atom. The number of ether oxygens (including phenoxy) is 3. The Morgan fingerprint density at radius 2 is 1.96 bits per heavy atom. The van der Waals surface area contributed by atoms with Crippen LogP contribution in [0.15, 0.2) is 18.2 Å². The number of hydrogen-bond acceptors (Lipinski definition) is 5. The quantitative estimate of drug-likeness (QED) is 0.693. The third kappa shape index (κ3) is 3.40. The molecule has 6 heteroatoms. The Kier molecular flexibility index (Phi) is 4.17. The highest BCUT2D eigenvalue weighted by Crippen LogP contribution is 2.45. The molecule has 0 unspecified atom stereocenters. The first-order chi connectivity index (χ1) is 12.8. The molecule has 0 atom stereocenters. The molecule has 27 heavy (non-hydrogen) atoms. The summed E-state index contributed by atoms with van der Waals surface area (Å²) in [4.78, 5) is 26.8. The first-order valence-corrected chi connectivity index (χ1v) is 9.43. The van der Waals surface area contributed by atoms with Crippen molar-refractivity contribution in [2.75, 3.05) is 19.7 Å². The summed E-state index contributed by atoms with van der Waals surface area (Å²) in [5.74, 6) is 1.45. The van der Waals surface area contributed by atoms with E-state index in [4.69, 9.17) is 14.2 Å². The van der Waals surface area contributed by atoms with Gasteiger partial charge in [-0.25, -0.2) is 4.79 Å². The average Bonchev–Trinajstić information content (AvgIpc) is 2.60. The summed E-state index contributed by atoms with van der Waals surface area (Å²) >= 11 is 0. The van der Waals surface area contributed by atoms with Gasteiger partial charge < -0.3 is 19.1 Å². The van der Waals surface area contributed by atoms with Gasteiger partial charge in [-0.15, -0.1) is 0 Å². The van der Waals surface area contributed by atoms with Gasteiger partial charge in [-0.05, 0) is 45.1 Å². The molecule has 4 rings (SSSR count). The number of amides is 1. The highest BCUT2D eigenvalue weighted by molar-refractivity contribution is 6.02. The average molecular weight is 371 g/mol. The fraction of sp³-hybridized carbons (Fsp3) is 0.524. The lowest BCUT2D eigenvalue weighted by Gasteiger charge is -2.44. The first-order valence-electron chi connectivity index (χ1n) is 9.43.